The number of fused-ring (bicyclic) bond motifs is 5. The molecule has 0 amide bonds. The molecule has 0 aromatic rings. The summed E-state index contributed by atoms with van der Waals surface area (Å²) in [6, 6.07) is 0. The van der Waals surface area contributed by atoms with Crippen molar-refractivity contribution in [3.8, 4) is 0 Å². The van der Waals surface area contributed by atoms with Gasteiger partial charge in [-0.1, -0.05) is 45.2 Å². The van der Waals surface area contributed by atoms with Crippen LogP contribution in [0.2, 0.25) is 0 Å². The average molecular weight is 594 g/mol. The third kappa shape index (κ3) is 4.34. The second-order valence-corrected chi connectivity index (χ2v) is 9.49. The molecule has 9 atom stereocenters. The number of aliphatic hydroxyl groups is 1. The number of alkyl halides is 2. The van der Waals surface area contributed by atoms with E-state index in [0.29, 0.717) is 11.8 Å². The first-order valence-electron chi connectivity index (χ1n) is 9.31. The monoisotopic (exact) mass is 594 g/mol. The van der Waals surface area contributed by atoms with E-state index in [1.807, 2.05) is 13.8 Å². The lowest BCUT2D eigenvalue weighted by Crippen LogP contribution is -2.44. The predicted molar refractivity (Wildman–Crippen MR) is 113 cm³/mol. The second kappa shape index (κ2) is 9.06. The molecule has 150 valence electrons. The Kier molecular flexibility index (Phi) is 7.49. The largest absolute Gasteiger partial charge is 0.463 e. The number of hydrogen-bond donors (Lipinski definition) is 1. The Hall–Kier alpha value is 0.770. The van der Waals surface area contributed by atoms with E-state index in [9.17, 15) is 9.90 Å². The SMILES string of the molecule is CC(C)OC(=O)CC(OC(C)O)C1CC2OC1C1C(CI)OC(CI)C21. The number of ether oxygens (including phenoxy) is 4. The summed E-state index contributed by atoms with van der Waals surface area (Å²) in [5.74, 6) is 0.570. The lowest BCUT2D eigenvalue weighted by molar-refractivity contribution is -0.170. The summed E-state index contributed by atoms with van der Waals surface area (Å²) >= 11 is 4.78. The van der Waals surface area contributed by atoms with E-state index < -0.39 is 12.4 Å². The predicted octanol–water partition coefficient (Wildman–Crippen LogP) is 2.71. The standard InChI is InChI=1S/C18H28I2O6/c1-8(2)23-15(22)5-11(24-9(3)21)10-4-12-16-13(6-19)25-14(7-20)17(16)18(10)26-12/h8-14,16-18,21H,4-7H2,1-3H3. The van der Waals surface area contributed by atoms with Crippen LogP contribution in [0.3, 0.4) is 0 Å². The van der Waals surface area contributed by atoms with Gasteiger partial charge in [-0.2, -0.15) is 0 Å². The van der Waals surface area contributed by atoms with Gasteiger partial charge in [-0.15, -0.1) is 0 Å². The average Bonchev–Trinajstić information content (AvgIpc) is 3.23. The van der Waals surface area contributed by atoms with Gasteiger partial charge in [0.05, 0.1) is 43.0 Å². The molecule has 0 saturated carbocycles. The second-order valence-electron chi connectivity index (χ2n) is 7.73. The summed E-state index contributed by atoms with van der Waals surface area (Å²) < 4.78 is 25.6. The Morgan fingerprint density at radius 2 is 1.81 bits per heavy atom. The molecule has 3 saturated heterocycles. The van der Waals surface area contributed by atoms with Crippen molar-refractivity contribution in [1.29, 1.82) is 0 Å². The molecule has 26 heavy (non-hydrogen) atoms. The van der Waals surface area contributed by atoms with E-state index in [0.717, 1.165) is 15.3 Å². The highest BCUT2D eigenvalue weighted by atomic mass is 127. The first-order chi connectivity index (χ1) is 12.3. The fraction of sp³-hybridized carbons (Fsp3) is 0.944. The van der Waals surface area contributed by atoms with E-state index in [2.05, 4.69) is 45.2 Å². The number of esters is 1. The van der Waals surface area contributed by atoms with Crippen molar-refractivity contribution in [2.24, 2.45) is 17.8 Å². The van der Waals surface area contributed by atoms with Crippen LogP contribution in [-0.4, -0.2) is 62.8 Å². The zero-order valence-corrected chi connectivity index (χ0v) is 19.7. The molecule has 1 N–H and O–H groups in total. The van der Waals surface area contributed by atoms with E-state index in [-0.39, 0.29) is 48.8 Å². The molecule has 2 bridgehead atoms. The molecule has 3 rings (SSSR count). The third-order valence-corrected chi connectivity index (χ3v) is 7.34. The van der Waals surface area contributed by atoms with Crippen LogP contribution >= 0.6 is 45.2 Å². The summed E-state index contributed by atoms with van der Waals surface area (Å²) in [6.45, 7) is 5.24. The number of aliphatic hydroxyl groups excluding tert-OH is 1. The normalized spacial score (nSPS) is 40.7. The zero-order chi connectivity index (χ0) is 19.0. The van der Waals surface area contributed by atoms with Crippen molar-refractivity contribution in [3.63, 3.8) is 0 Å². The van der Waals surface area contributed by atoms with Gasteiger partial charge < -0.3 is 24.1 Å². The fourth-order valence-electron chi connectivity index (χ4n) is 4.87. The maximum Gasteiger partial charge on any atom is 0.308 e. The molecule has 8 heteroatoms. The summed E-state index contributed by atoms with van der Waals surface area (Å²) in [5, 5.41) is 9.77. The number of carbonyl (C=O) groups excluding carboxylic acids is 1. The van der Waals surface area contributed by atoms with Crippen LogP contribution in [0.25, 0.3) is 0 Å². The van der Waals surface area contributed by atoms with E-state index >= 15 is 0 Å². The molecular weight excluding hydrogens is 566 g/mol. The number of halogens is 2. The molecule has 3 fully saturated rings. The Labute approximate surface area is 182 Å². The molecule has 3 aliphatic heterocycles. The van der Waals surface area contributed by atoms with Gasteiger partial charge in [-0.3, -0.25) is 4.79 Å². The van der Waals surface area contributed by atoms with Crippen LogP contribution in [-0.2, 0) is 23.7 Å². The highest BCUT2D eigenvalue weighted by Gasteiger charge is 2.63. The minimum atomic E-state index is -0.927. The lowest BCUT2D eigenvalue weighted by Gasteiger charge is -2.35. The molecule has 6 nitrogen and oxygen atoms in total. The van der Waals surface area contributed by atoms with Crippen LogP contribution in [0.15, 0.2) is 0 Å². The van der Waals surface area contributed by atoms with Gasteiger partial charge in [0.25, 0.3) is 0 Å². The number of hydrogen-bond acceptors (Lipinski definition) is 6. The van der Waals surface area contributed by atoms with Gasteiger partial charge in [0.1, 0.15) is 0 Å². The molecule has 3 heterocycles. The van der Waals surface area contributed by atoms with Gasteiger partial charge in [-0.05, 0) is 27.2 Å². The highest BCUT2D eigenvalue weighted by molar-refractivity contribution is 14.1. The molecule has 0 spiro atoms. The molecule has 0 aliphatic carbocycles. The van der Waals surface area contributed by atoms with Crippen molar-refractivity contribution >= 4 is 51.2 Å². The third-order valence-electron chi connectivity index (χ3n) is 5.61. The van der Waals surface area contributed by atoms with Crippen LogP contribution in [0.1, 0.15) is 33.6 Å². The van der Waals surface area contributed by atoms with Gasteiger partial charge in [-0.25, -0.2) is 0 Å². The van der Waals surface area contributed by atoms with Crippen LogP contribution in [0.4, 0.5) is 0 Å². The molecule has 0 radical (unpaired) electrons. The fourth-order valence-corrected chi connectivity index (χ4v) is 6.46. The zero-order valence-electron chi connectivity index (χ0n) is 15.3. The Morgan fingerprint density at radius 3 is 2.38 bits per heavy atom. The lowest BCUT2D eigenvalue weighted by atomic mass is 9.70. The van der Waals surface area contributed by atoms with Crippen LogP contribution in [0, 0.1) is 17.8 Å². The van der Waals surface area contributed by atoms with E-state index in [1.165, 1.54) is 0 Å². The van der Waals surface area contributed by atoms with Crippen molar-refractivity contribution < 1.29 is 28.8 Å². The molecule has 3 aliphatic rings. The maximum atomic E-state index is 12.2. The van der Waals surface area contributed by atoms with Crippen molar-refractivity contribution in [3.05, 3.63) is 0 Å². The Bertz CT molecular complexity index is 502. The Balaban J connectivity index is 1.74. The van der Waals surface area contributed by atoms with Crippen LogP contribution in [0.5, 0.6) is 0 Å². The molecular formula is C18H28I2O6. The first-order valence-corrected chi connectivity index (χ1v) is 12.4. The van der Waals surface area contributed by atoms with Crippen molar-refractivity contribution in [2.45, 2.75) is 76.5 Å². The van der Waals surface area contributed by atoms with E-state index in [4.69, 9.17) is 18.9 Å². The van der Waals surface area contributed by atoms with Crippen molar-refractivity contribution in [2.75, 3.05) is 8.86 Å². The summed E-state index contributed by atoms with van der Waals surface area (Å²) in [5.41, 5.74) is 0. The summed E-state index contributed by atoms with van der Waals surface area (Å²) in [6.07, 6.45) is 0.121. The Morgan fingerprint density at radius 1 is 1.15 bits per heavy atom. The number of carbonyl (C=O) groups is 1. The van der Waals surface area contributed by atoms with Gasteiger partial charge >= 0.3 is 5.97 Å². The van der Waals surface area contributed by atoms with E-state index in [1.54, 1.807) is 6.92 Å². The minimum absolute atomic E-state index is 0.0216. The van der Waals surface area contributed by atoms with Crippen LogP contribution < -0.4 is 0 Å². The maximum absolute atomic E-state index is 12.2. The topological polar surface area (TPSA) is 74.2 Å². The smallest absolute Gasteiger partial charge is 0.308 e. The summed E-state index contributed by atoms with van der Waals surface area (Å²) in [4.78, 5) is 12.2. The molecule has 0 aromatic heterocycles. The minimum Gasteiger partial charge on any atom is -0.463 e. The van der Waals surface area contributed by atoms with Gasteiger partial charge in [0, 0.05) is 26.6 Å². The first kappa shape index (κ1) is 21.5. The van der Waals surface area contributed by atoms with Crippen molar-refractivity contribution in [1.82, 2.24) is 0 Å². The number of rotatable bonds is 8. The molecule has 9 unspecified atom stereocenters. The highest BCUT2D eigenvalue weighted by Crippen LogP contribution is 2.56. The summed E-state index contributed by atoms with van der Waals surface area (Å²) in [7, 11) is 0. The molecule has 0 aromatic carbocycles. The quantitative estimate of drug-likeness (QED) is 0.202. The van der Waals surface area contributed by atoms with Gasteiger partial charge in [0.15, 0.2) is 6.29 Å². The van der Waals surface area contributed by atoms with Gasteiger partial charge in [0.2, 0.25) is 0 Å².